The Balaban J connectivity index is 2.10. The minimum atomic E-state index is -0.449. The lowest BCUT2D eigenvalue weighted by Gasteiger charge is -2.35. The summed E-state index contributed by atoms with van der Waals surface area (Å²) in [5.74, 6) is -0.489. The molecule has 0 aliphatic carbocycles. The van der Waals surface area contributed by atoms with Crippen LogP contribution in [0.5, 0.6) is 0 Å². The smallest absolute Gasteiger partial charge is 0.318 e. The normalized spacial score (nSPS) is 25.5. The van der Waals surface area contributed by atoms with E-state index in [-0.39, 0.29) is 17.3 Å². The van der Waals surface area contributed by atoms with Gasteiger partial charge in [0.1, 0.15) is 5.92 Å². The van der Waals surface area contributed by atoms with Crippen LogP contribution in [0.15, 0.2) is 30.3 Å². The molecule has 0 N–H and O–H groups in total. The summed E-state index contributed by atoms with van der Waals surface area (Å²) in [4.78, 5) is 11.9. The van der Waals surface area contributed by atoms with Crippen molar-refractivity contribution >= 4 is 5.97 Å². The number of cyclic esters (lactones) is 1. The third-order valence-corrected chi connectivity index (χ3v) is 2.83. The van der Waals surface area contributed by atoms with E-state index in [0.29, 0.717) is 6.61 Å². The Hall–Kier alpha value is -1.35. The second kappa shape index (κ2) is 4.49. The van der Waals surface area contributed by atoms with Crippen molar-refractivity contribution in [3.05, 3.63) is 35.9 Å². The number of esters is 1. The molecule has 1 heterocycles. The third-order valence-electron chi connectivity index (χ3n) is 2.83. The molecule has 3 nitrogen and oxygen atoms in total. The van der Waals surface area contributed by atoms with Crippen molar-refractivity contribution in [1.29, 1.82) is 0 Å². The van der Waals surface area contributed by atoms with Crippen LogP contribution >= 0.6 is 0 Å². The van der Waals surface area contributed by atoms with E-state index in [1.165, 1.54) is 0 Å². The van der Waals surface area contributed by atoms with Crippen LogP contribution in [0.25, 0.3) is 0 Å². The molecule has 92 valence electrons. The van der Waals surface area contributed by atoms with Crippen LogP contribution in [-0.4, -0.2) is 18.9 Å². The average Bonchev–Trinajstić information content (AvgIpc) is 2.29. The molecule has 2 rings (SSSR count). The molecule has 1 aliphatic rings. The molecule has 2 atom stereocenters. The van der Waals surface area contributed by atoms with Gasteiger partial charge in [-0.3, -0.25) is 4.79 Å². The molecule has 0 bridgehead atoms. The van der Waals surface area contributed by atoms with Crippen molar-refractivity contribution in [3.63, 3.8) is 0 Å². The first-order valence-electron chi connectivity index (χ1n) is 5.85. The lowest BCUT2D eigenvalue weighted by Crippen LogP contribution is -2.42. The highest BCUT2D eigenvalue weighted by molar-refractivity contribution is 5.79. The largest absolute Gasteiger partial charge is 0.435 e. The van der Waals surface area contributed by atoms with E-state index in [4.69, 9.17) is 9.47 Å². The lowest BCUT2D eigenvalue weighted by atomic mass is 9.93. The Labute approximate surface area is 102 Å². The van der Waals surface area contributed by atoms with Crippen LogP contribution in [0, 0.1) is 5.41 Å². The number of hydrogen-bond donors (Lipinski definition) is 0. The first-order chi connectivity index (χ1) is 7.98. The van der Waals surface area contributed by atoms with Crippen LogP contribution in [-0.2, 0) is 14.3 Å². The van der Waals surface area contributed by atoms with Gasteiger partial charge in [-0.2, -0.15) is 0 Å². The minimum absolute atomic E-state index is 0.183. The molecule has 1 aliphatic heterocycles. The van der Waals surface area contributed by atoms with Gasteiger partial charge >= 0.3 is 5.97 Å². The van der Waals surface area contributed by atoms with Gasteiger partial charge in [0.25, 0.3) is 0 Å². The van der Waals surface area contributed by atoms with Crippen molar-refractivity contribution in [2.45, 2.75) is 33.0 Å². The molecule has 0 aromatic heterocycles. The number of carbonyl (C=O) groups excluding carboxylic acids is 1. The van der Waals surface area contributed by atoms with Gasteiger partial charge in [-0.1, -0.05) is 51.1 Å². The van der Waals surface area contributed by atoms with Crippen molar-refractivity contribution in [3.8, 4) is 0 Å². The monoisotopic (exact) mass is 234 g/mol. The van der Waals surface area contributed by atoms with Crippen molar-refractivity contribution in [2.75, 3.05) is 6.61 Å². The summed E-state index contributed by atoms with van der Waals surface area (Å²) in [6, 6.07) is 9.60. The Morgan fingerprint density at radius 3 is 2.35 bits per heavy atom. The standard InChI is InChI=1S/C14H18O3/c1-14(2,3)13-16-9-11(12(15)17-13)10-7-5-4-6-8-10/h4-8,11,13H,9H2,1-3H3/t11-,13+/m0/s1. The summed E-state index contributed by atoms with van der Waals surface area (Å²) < 4.78 is 11.0. The molecular formula is C14H18O3. The highest BCUT2D eigenvalue weighted by Crippen LogP contribution is 2.31. The summed E-state index contributed by atoms with van der Waals surface area (Å²) in [6.07, 6.45) is -0.449. The zero-order valence-corrected chi connectivity index (χ0v) is 10.5. The zero-order chi connectivity index (χ0) is 12.5. The van der Waals surface area contributed by atoms with Crippen molar-refractivity contribution < 1.29 is 14.3 Å². The Bertz CT molecular complexity index is 392. The second-order valence-corrected chi connectivity index (χ2v) is 5.43. The average molecular weight is 234 g/mol. The number of carbonyl (C=O) groups is 1. The first-order valence-corrected chi connectivity index (χ1v) is 5.85. The van der Waals surface area contributed by atoms with Gasteiger partial charge in [-0.25, -0.2) is 0 Å². The molecule has 1 fully saturated rings. The van der Waals surface area contributed by atoms with Crippen LogP contribution in [0.3, 0.4) is 0 Å². The highest BCUT2D eigenvalue weighted by atomic mass is 16.7. The van der Waals surface area contributed by atoms with Gasteiger partial charge in [0.15, 0.2) is 0 Å². The number of hydrogen-bond acceptors (Lipinski definition) is 3. The quantitative estimate of drug-likeness (QED) is 0.701. The van der Waals surface area contributed by atoms with Crippen molar-refractivity contribution in [2.24, 2.45) is 5.41 Å². The topological polar surface area (TPSA) is 35.5 Å². The highest BCUT2D eigenvalue weighted by Gasteiger charge is 2.37. The number of benzene rings is 1. The van der Waals surface area contributed by atoms with Crippen LogP contribution < -0.4 is 0 Å². The number of ether oxygens (including phenoxy) is 2. The summed E-state index contributed by atoms with van der Waals surface area (Å²) in [7, 11) is 0. The fraction of sp³-hybridized carbons (Fsp3) is 0.500. The van der Waals surface area contributed by atoms with E-state index in [0.717, 1.165) is 5.56 Å². The number of rotatable bonds is 1. The van der Waals surface area contributed by atoms with E-state index in [2.05, 4.69) is 0 Å². The van der Waals surface area contributed by atoms with Crippen LogP contribution in [0.1, 0.15) is 32.3 Å². The molecule has 0 amide bonds. The van der Waals surface area contributed by atoms with Gasteiger partial charge in [0, 0.05) is 5.41 Å². The summed E-state index contributed by atoms with van der Waals surface area (Å²) in [6.45, 7) is 6.38. The van der Waals surface area contributed by atoms with Gasteiger partial charge < -0.3 is 9.47 Å². The molecule has 0 spiro atoms. The minimum Gasteiger partial charge on any atom is -0.435 e. The fourth-order valence-electron chi connectivity index (χ4n) is 1.82. The van der Waals surface area contributed by atoms with Gasteiger partial charge in [-0.15, -0.1) is 0 Å². The molecule has 1 aromatic carbocycles. The van der Waals surface area contributed by atoms with Gasteiger partial charge in [-0.05, 0) is 5.56 Å². The summed E-state index contributed by atoms with van der Waals surface area (Å²) >= 11 is 0. The van der Waals surface area contributed by atoms with E-state index in [9.17, 15) is 4.79 Å². The zero-order valence-electron chi connectivity index (χ0n) is 10.5. The van der Waals surface area contributed by atoms with E-state index in [1.54, 1.807) is 0 Å². The molecule has 17 heavy (non-hydrogen) atoms. The van der Waals surface area contributed by atoms with Crippen LogP contribution in [0.4, 0.5) is 0 Å². The maximum Gasteiger partial charge on any atom is 0.318 e. The van der Waals surface area contributed by atoms with Gasteiger partial charge in [0.05, 0.1) is 6.61 Å². The summed E-state index contributed by atoms with van der Waals surface area (Å²) in [5, 5.41) is 0. The molecular weight excluding hydrogens is 216 g/mol. The third kappa shape index (κ3) is 2.67. The SMILES string of the molecule is CC(C)(C)[C@@H]1OC[C@@H](c2ccccc2)C(=O)O1. The maximum absolute atomic E-state index is 11.9. The van der Waals surface area contributed by atoms with E-state index in [1.807, 2.05) is 51.1 Å². The van der Waals surface area contributed by atoms with E-state index >= 15 is 0 Å². The maximum atomic E-state index is 11.9. The Morgan fingerprint density at radius 2 is 1.82 bits per heavy atom. The molecule has 0 unspecified atom stereocenters. The van der Waals surface area contributed by atoms with Gasteiger partial charge in [0.2, 0.25) is 6.29 Å². The molecule has 0 saturated carbocycles. The molecule has 3 heteroatoms. The van der Waals surface area contributed by atoms with Crippen molar-refractivity contribution in [1.82, 2.24) is 0 Å². The molecule has 1 aromatic rings. The Kier molecular flexibility index (Phi) is 3.20. The predicted molar refractivity (Wildman–Crippen MR) is 64.5 cm³/mol. The van der Waals surface area contributed by atoms with E-state index < -0.39 is 6.29 Å². The summed E-state index contributed by atoms with van der Waals surface area (Å²) in [5.41, 5.74) is 0.766. The Morgan fingerprint density at radius 1 is 1.18 bits per heavy atom. The lowest BCUT2D eigenvalue weighted by molar-refractivity contribution is -0.227. The van der Waals surface area contributed by atoms with Crippen LogP contribution in [0.2, 0.25) is 0 Å². The fourth-order valence-corrected chi connectivity index (χ4v) is 1.82. The predicted octanol–water partition coefficient (Wildman–Crippen LogP) is 2.72. The molecule has 1 saturated heterocycles. The first kappa shape index (κ1) is 12.1. The molecule has 0 radical (unpaired) electrons. The second-order valence-electron chi connectivity index (χ2n) is 5.43.